The second-order valence-electron chi connectivity index (χ2n) is 9.13. The lowest BCUT2D eigenvalue weighted by atomic mass is 9.92. The van der Waals surface area contributed by atoms with Gasteiger partial charge >= 0.3 is 6.03 Å². The average Bonchev–Trinajstić information content (AvgIpc) is 3.69. The van der Waals surface area contributed by atoms with Crippen LogP contribution >= 0.6 is 0 Å². The van der Waals surface area contributed by atoms with Gasteiger partial charge in [0.15, 0.2) is 0 Å². The molecule has 0 radical (unpaired) electrons. The molecule has 9 nitrogen and oxygen atoms in total. The van der Waals surface area contributed by atoms with Crippen LogP contribution < -0.4 is 10.1 Å². The van der Waals surface area contributed by atoms with E-state index in [9.17, 15) is 14.4 Å². The van der Waals surface area contributed by atoms with Crippen molar-refractivity contribution >= 4 is 23.6 Å². The Bertz CT molecular complexity index is 1380. The minimum absolute atomic E-state index is 0.404. The van der Waals surface area contributed by atoms with Crippen LogP contribution in [-0.2, 0) is 21.5 Å². The van der Waals surface area contributed by atoms with Crippen molar-refractivity contribution < 1.29 is 23.5 Å². The molecule has 0 unspecified atom stereocenters. The molecular weight excluding hydrogens is 460 g/mol. The fourth-order valence-electron chi connectivity index (χ4n) is 5.34. The molecule has 182 valence electrons. The highest BCUT2D eigenvalue weighted by Gasteiger charge is 2.56. The van der Waals surface area contributed by atoms with E-state index in [0.717, 1.165) is 21.6 Å². The van der Waals surface area contributed by atoms with Gasteiger partial charge in [-0.2, -0.15) is 5.10 Å². The summed E-state index contributed by atoms with van der Waals surface area (Å²) in [6.45, 7) is -0.412. The van der Waals surface area contributed by atoms with Crippen LogP contribution in [0.1, 0.15) is 41.3 Å². The number of benzene rings is 2. The van der Waals surface area contributed by atoms with Crippen LogP contribution in [0.2, 0.25) is 0 Å². The summed E-state index contributed by atoms with van der Waals surface area (Å²) in [4.78, 5) is 40.9. The van der Waals surface area contributed by atoms with Gasteiger partial charge in [0.05, 0.1) is 19.1 Å². The van der Waals surface area contributed by atoms with Gasteiger partial charge < -0.3 is 14.5 Å². The van der Waals surface area contributed by atoms with Gasteiger partial charge in [-0.25, -0.2) is 9.80 Å². The zero-order chi connectivity index (χ0) is 24.9. The molecule has 1 saturated heterocycles. The normalized spacial score (nSPS) is 22.7. The summed E-state index contributed by atoms with van der Waals surface area (Å²) in [7, 11) is 1.60. The predicted octanol–water partition coefficient (Wildman–Crippen LogP) is 3.36. The number of furan rings is 1. The van der Waals surface area contributed by atoms with Crippen LogP contribution in [0.3, 0.4) is 0 Å². The van der Waals surface area contributed by atoms with E-state index >= 15 is 0 Å². The zero-order valence-electron chi connectivity index (χ0n) is 19.6. The molecule has 3 aromatic rings. The number of amides is 4. The van der Waals surface area contributed by atoms with Gasteiger partial charge in [-0.15, -0.1) is 0 Å². The monoisotopic (exact) mass is 484 g/mol. The number of aryl methyl sites for hydroxylation is 1. The third kappa shape index (κ3) is 3.38. The number of rotatable bonds is 5. The number of methoxy groups -OCH3 is 1. The summed E-state index contributed by atoms with van der Waals surface area (Å²) in [6.07, 6.45) is 3.14. The quantitative estimate of drug-likeness (QED) is 0.560. The molecule has 0 saturated carbocycles. The van der Waals surface area contributed by atoms with E-state index in [1.54, 1.807) is 25.5 Å². The number of carbonyl (C=O) groups is 3. The fraction of sp³-hybridized carbons (Fsp3) is 0.259. The van der Waals surface area contributed by atoms with Crippen LogP contribution in [0.15, 0.2) is 76.4 Å². The fourth-order valence-corrected chi connectivity index (χ4v) is 5.34. The molecule has 3 heterocycles. The van der Waals surface area contributed by atoms with Crippen LogP contribution in [0, 0.1) is 0 Å². The Morgan fingerprint density at radius 3 is 2.69 bits per heavy atom. The minimum atomic E-state index is -1.11. The first kappa shape index (κ1) is 22.1. The lowest BCUT2D eigenvalue weighted by molar-refractivity contribution is -0.140. The number of fused-ring (bicyclic) bond motifs is 2. The summed E-state index contributed by atoms with van der Waals surface area (Å²) in [5, 5.41) is 8.79. The number of nitrogens with zero attached hydrogens (tertiary/aromatic N) is 3. The topological polar surface area (TPSA) is 104 Å². The number of imide groups is 1. The molecule has 1 aromatic heterocycles. The second-order valence-corrected chi connectivity index (χ2v) is 9.13. The van der Waals surface area contributed by atoms with Crippen molar-refractivity contribution in [1.82, 2.24) is 15.2 Å². The van der Waals surface area contributed by atoms with Crippen LogP contribution in [0.25, 0.3) is 0 Å². The predicted molar refractivity (Wildman–Crippen MR) is 129 cm³/mol. The SMILES string of the molecule is COc1ccc(C2=NN(C(=O)CN3C(=O)N[C@@]4(CCc5ccccc54)C3=O)[C@H](c3ccco3)C2)cc1. The Balaban J connectivity index is 1.27. The maximum absolute atomic E-state index is 13.5. The molecule has 3 aliphatic rings. The van der Waals surface area contributed by atoms with E-state index < -0.39 is 36.0 Å². The average molecular weight is 485 g/mol. The lowest BCUT2D eigenvalue weighted by Crippen LogP contribution is -2.44. The standard InChI is InChI=1S/C27H24N4O5/c1-35-19-10-8-18(9-11-19)21-15-22(23-7-4-14-36-23)31(29-21)24(32)16-30-25(33)27(28-26(30)34)13-12-17-5-2-3-6-20(17)27/h2-11,14,22H,12-13,15-16H2,1H3,(H,28,34)/t22-,27+/m0/s1. The van der Waals surface area contributed by atoms with Crippen molar-refractivity contribution in [1.29, 1.82) is 0 Å². The summed E-state index contributed by atoms with van der Waals surface area (Å²) in [5.74, 6) is 0.425. The van der Waals surface area contributed by atoms with E-state index in [4.69, 9.17) is 9.15 Å². The zero-order valence-corrected chi connectivity index (χ0v) is 19.6. The largest absolute Gasteiger partial charge is 0.497 e. The van der Waals surface area contributed by atoms with Crippen molar-refractivity contribution in [2.24, 2.45) is 5.10 Å². The maximum atomic E-state index is 13.5. The van der Waals surface area contributed by atoms with Gasteiger partial charge in [-0.05, 0) is 65.9 Å². The Hall–Kier alpha value is -4.40. The van der Waals surface area contributed by atoms with Crippen LogP contribution in [0.5, 0.6) is 5.75 Å². The lowest BCUT2D eigenvalue weighted by Gasteiger charge is -2.24. The van der Waals surface area contributed by atoms with E-state index in [2.05, 4.69) is 10.4 Å². The molecule has 9 heteroatoms. The van der Waals surface area contributed by atoms with Gasteiger partial charge in [0.1, 0.15) is 29.6 Å². The van der Waals surface area contributed by atoms with E-state index in [0.29, 0.717) is 36.5 Å². The Morgan fingerprint density at radius 2 is 1.94 bits per heavy atom. The molecule has 1 aliphatic carbocycles. The number of urea groups is 1. The summed E-state index contributed by atoms with van der Waals surface area (Å²) >= 11 is 0. The van der Waals surface area contributed by atoms with Gasteiger partial charge in [-0.3, -0.25) is 14.5 Å². The van der Waals surface area contributed by atoms with Crippen molar-refractivity contribution in [3.8, 4) is 5.75 Å². The first-order valence-electron chi connectivity index (χ1n) is 11.8. The molecule has 36 heavy (non-hydrogen) atoms. The van der Waals surface area contributed by atoms with Crippen molar-refractivity contribution in [2.75, 3.05) is 13.7 Å². The molecule has 6 rings (SSSR count). The third-order valence-electron chi connectivity index (χ3n) is 7.18. The number of ether oxygens (including phenoxy) is 1. The Kier molecular flexibility index (Phi) is 5.13. The molecule has 1 N–H and O–H groups in total. The summed E-state index contributed by atoms with van der Waals surface area (Å²) < 4.78 is 10.8. The number of hydrogen-bond donors (Lipinski definition) is 1. The first-order valence-corrected chi connectivity index (χ1v) is 11.8. The highest BCUT2D eigenvalue weighted by atomic mass is 16.5. The first-order chi connectivity index (χ1) is 17.5. The number of nitrogens with one attached hydrogen (secondary N) is 1. The highest BCUT2D eigenvalue weighted by Crippen LogP contribution is 2.41. The van der Waals surface area contributed by atoms with Crippen molar-refractivity contribution in [2.45, 2.75) is 30.8 Å². The highest BCUT2D eigenvalue weighted by molar-refractivity contribution is 6.10. The molecule has 2 aliphatic heterocycles. The van der Waals surface area contributed by atoms with E-state index in [1.165, 1.54) is 5.01 Å². The van der Waals surface area contributed by atoms with Crippen LogP contribution in [0.4, 0.5) is 4.79 Å². The summed E-state index contributed by atoms with van der Waals surface area (Å²) in [6, 6.07) is 17.5. The maximum Gasteiger partial charge on any atom is 0.325 e. The molecule has 1 fully saturated rings. The Morgan fingerprint density at radius 1 is 1.14 bits per heavy atom. The molecule has 2 aromatic carbocycles. The molecule has 0 bridgehead atoms. The summed E-state index contributed by atoms with van der Waals surface area (Å²) in [5.41, 5.74) is 2.26. The van der Waals surface area contributed by atoms with E-state index in [-0.39, 0.29) is 0 Å². The minimum Gasteiger partial charge on any atom is -0.497 e. The van der Waals surface area contributed by atoms with Gasteiger partial charge in [-0.1, -0.05) is 24.3 Å². The van der Waals surface area contributed by atoms with Gasteiger partial charge in [0.25, 0.3) is 11.8 Å². The molecule has 2 atom stereocenters. The molecule has 4 amide bonds. The number of carbonyl (C=O) groups excluding carboxylic acids is 3. The van der Waals surface area contributed by atoms with Gasteiger partial charge in [0, 0.05) is 6.42 Å². The van der Waals surface area contributed by atoms with Gasteiger partial charge in [0.2, 0.25) is 0 Å². The van der Waals surface area contributed by atoms with Crippen molar-refractivity contribution in [3.05, 3.63) is 89.4 Å². The Labute approximate surface area is 207 Å². The smallest absolute Gasteiger partial charge is 0.325 e. The molecular formula is C27H24N4O5. The number of hydrogen-bond acceptors (Lipinski definition) is 6. The number of hydrazone groups is 1. The second kappa shape index (κ2) is 8.37. The van der Waals surface area contributed by atoms with Crippen molar-refractivity contribution in [3.63, 3.8) is 0 Å². The van der Waals surface area contributed by atoms with Crippen LogP contribution in [-0.4, -0.2) is 47.1 Å². The third-order valence-corrected chi connectivity index (χ3v) is 7.18. The van der Waals surface area contributed by atoms with E-state index in [1.807, 2.05) is 48.5 Å². The molecule has 1 spiro atoms.